The zero-order valence-corrected chi connectivity index (χ0v) is 10.6. The second-order valence-corrected chi connectivity index (χ2v) is 5.79. The Labute approximate surface area is 93.3 Å². The molecule has 0 bridgehead atoms. The van der Waals surface area contributed by atoms with Gasteiger partial charge in [0.1, 0.15) is 6.04 Å². The van der Waals surface area contributed by atoms with Crippen molar-refractivity contribution in [3.05, 3.63) is 0 Å². The molecule has 0 aromatic rings. The number of nitrogens with one attached hydrogen (secondary N) is 1. The van der Waals surface area contributed by atoms with Crippen molar-refractivity contribution < 1.29 is 9.90 Å². The van der Waals surface area contributed by atoms with Crippen LogP contribution in [0.15, 0.2) is 0 Å². The molecule has 0 rings (SSSR count). The third-order valence-electron chi connectivity index (χ3n) is 2.27. The molecule has 3 heteroatoms. The van der Waals surface area contributed by atoms with Crippen molar-refractivity contribution in [2.24, 2.45) is 11.3 Å². The van der Waals surface area contributed by atoms with Gasteiger partial charge in [-0.3, -0.25) is 4.79 Å². The molecule has 0 saturated heterocycles. The van der Waals surface area contributed by atoms with E-state index in [1.54, 1.807) is 0 Å². The number of aliphatic carboxylic acids is 1. The molecule has 0 heterocycles. The van der Waals surface area contributed by atoms with E-state index in [-0.39, 0.29) is 5.41 Å². The highest BCUT2D eigenvalue weighted by molar-refractivity contribution is 5.73. The standard InChI is InChI=1S/C12H25NO2/c1-9(2)8-10(11(14)15)13-7-6-12(3,4)5/h9-10,13H,6-8H2,1-5H3,(H,14,15). The minimum atomic E-state index is -0.738. The molecule has 0 aliphatic heterocycles. The van der Waals surface area contributed by atoms with Crippen LogP contribution in [0.5, 0.6) is 0 Å². The second kappa shape index (κ2) is 6.11. The van der Waals surface area contributed by atoms with Crippen molar-refractivity contribution in [3.63, 3.8) is 0 Å². The number of hydrogen-bond acceptors (Lipinski definition) is 2. The predicted octanol–water partition coefficient (Wildman–Crippen LogP) is 2.51. The smallest absolute Gasteiger partial charge is 0.320 e. The monoisotopic (exact) mass is 215 g/mol. The van der Waals surface area contributed by atoms with Crippen LogP contribution in [0.3, 0.4) is 0 Å². The largest absolute Gasteiger partial charge is 0.480 e. The van der Waals surface area contributed by atoms with Crippen LogP contribution >= 0.6 is 0 Å². The van der Waals surface area contributed by atoms with Gasteiger partial charge in [-0.2, -0.15) is 0 Å². The van der Waals surface area contributed by atoms with Crippen LogP contribution in [-0.4, -0.2) is 23.7 Å². The summed E-state index contributed by atoms with van der Waals surface area (Å²) in [5.74, 6) is -0.328. The summed E-state index contributed by atoms with van der Waals surface area (Å²) in [7, 11) is 0. The van der Waals surface area contributed by atoms with Crippen LogP contribution in [0.2, 0.25) is 0 Å². The molecule has 0 amide bonds. The Morgan fingerprint density at radius 1 is 1.33 bits per heavy atom. The Balaban J connectivity index is 3.92. The fraction of sp³-hybridized carbons (Fsp3) is 0.917. The van der Waals surface area contributed by atoms with Gasteiger partial charge in [0.2, 0.25) is 0 Å². The van der Waals surface area contributed by atoms with Crippen LogP contribution < -0.4 is 5.32 Å². The Morgan fingerprint density at radius 2 is 1.87 bits per heavy atom. The van der Waals surface area contributed by atoms with E-state index in [0.29, 0.717) is 12.3 Å². The molecule has 0 aliphatic rings. The van der Waals surface area contributed by atoms with Crippen LogP contribution in [0.4, 0.5) is 0 Å². The van der Waals surface area contributed by atoms with Gasteiger partial charge in [0.25, 0.3) is 0 Å². The molecule has 0 saturated carbocycles. The molecule has 0 fully saturated rings. The Bertz CT molecular complexity index is 194. The molecule has 0 spiro atoms. The highest BCUT2D eigenvalue weighted by Gasteiger charge is 2.19. The molecule has 1 atom stereocenters. The number of carboxylic acid groups (broad SMARTS) is 1. The maximum Gasteiger partial charge on any atom is 0.320 e. The van der Waals surface area contributed by atoms with Crippen molar-refractivity contribution in [2.45, 2.75) is 53.5 Å². The number of carboxylic acids is 1. The summed E-state index contributed by atoms with van der Waals surface area (Å²) in [6.07, 6.45) is 1.69. The first-order chi connectivity index (χ1) is 6.72. The number of hydrogen-bond donors (Lipinski definition) is 2. The van der Waals surface area contributed by atoms with Crippen molar-refractivity contribution in [3.8, 4) is 0 Å². The first-order valence-electron chi connectivity index (χ1n) is 5.68. The Hall–Kier alpha value is -0.570. The van der Waals surface area contributed by atoms with Gasteiger partial charge < -0.3 is 10.4 Å². The summed E-state index contributed by atoms with van der Waals surface area (Å²) < 4.78 is 0. The second-order valence-electron chi connectivity index (χ2n) is 5.79. The van der Waals surface area contributed by atoms with Gasteiger partial charge in [0.15, 0.2) is 0 Å². The predicted molar refractivity (Wildman–Crippen MR) is 63.0 cm³/mol. The van der Waals surface area contributed by atoms with Crippen molar-refractivity contribution in [1.82, 2.24) is 5.32 Å². The molecule has 0 radical (unpaired) electrons. The molecule has 0 aliphatic carbocycles. The maximum absolute atomic E-state index is 10.9. The Kier molecular flexibility index (Phi) is 5.88. The van der Waals surface area contributed by atoms with Gasteiger partial charge in [0.05, 0.1) is 0 Å². The topological polar surface area (TPSA) is 49.3 Å². The lowest BCUT2D eigenvalue weighted by atomic mass is 9.92. The fourth-order valence-electron chi connectivity index (χ4n) is 1.36. The molecule has 2 N–H and O–H groups in total. The van der Waals surface area contributed by atoms with Crippen molar-refractivity contribution in [2.75, 3.05) is 6.54 Å². The Morgan fingerprint density at radius 3 is 2.20 bits per heavy atom. The van der Waals surface area contributed by atoms with Crippen LogP contribution in [0.1, 0.15) is 47.5 Å². The highest BCUT2D eigenvalue weighted by Crippen LogP contribution is 2.17. The van der Waals surface area contributed by atoms with Crippen molar-refractivity contribution >= 4 is 5.97 Å². The van der Waals surface area contributed by atoms with E-state index in [2.05, 4.69) is 26.1 Å². The first-order valence-corrected chi connectivity index (χ1v) is 5.68. The zero-order valence-electron chi connectivity index (χ0n) is 10.6. The summed E-state index contributed by atoms with van der Waals surface area (Å²) in [6, 6.07) is -0.396. The highest BCUT2D eigenvalue weighted by atomic mass is 16.4. The SMILES string of the molecule is CC(C)CC(NCCC(C)(C)C)C(=O)O. The molecule has 3 nitrogen and oxygen atoms in total. The molecular weight excluding hydrogens is 190 g/mol. The molecule has 15 heavy (non-hydrogen) atoms. The van der Waals surface area contributed by atoms with E-state index in [9.17, 15) is 4.79 Å². The zero-order chi connectivity index (χ0) is 12.1. The van der Waals surface area contributed by atoms with Gasteiger partial charge >= 0.3 is 5.97 Å². The molecule has 0 aromatic carbocycles. The summed E-state index contributed by atoms with van der Waals surface area (Å²) in [5, 5.41) is 12.1. The number of rotatable bonds is 6. The molecule has 0 aromatic heterocycles. The summed E-state index contributed by atoms with van der Waals surface area (Å²) in [5.41, 5.74) is 0.258. The molecular formula is C12H25NO2. The fourth-order valence-corrected chi connectivity index (χ4v) is 1.36. The molecule has 1 unspecified atom stereocenters. The van der Waals surface area contributed by atoms with Crippen molar-refractivity contribution in [1.29, 1.82) is 0 Å². The lowest BCUT2D eigenvalue weighted by Crippen LogP contribution is -2.39. The van der Waals surface area contributed by atoms with Crippen LogP contribution in [0.25, 0.3) is 0 Å². The van der Waals surface area contributed by atoms with Gasteiger partial charge in [-0.05, 0) is 30.7 Å². The van der Waals surface area contributed by atoms with E-state index in [4.69, 9.17) is 5.11 Å². The average molecular weight is 215 g/mol. The van der Waals surface area contributed by atoms with Crippen LogP contribution in [0, 0.1) is 11.3 Å². The van der Waals surface area contributed by atoms with E-state index in [1.165, 1.54) is 0 Å². The van der Waals surface area contributed by atoms with E-state index >= 15 is 0 Å². The lowest BCUT2D eigenvalue weighted by Gasteiger charge is -2.21. The maximum atomic E-state index is 10.9. The minimum Gasteiger partial charge on any atom is -0.480 e. The third-order valence-corrected chi connectivity index (χ3v) is 2.27. The van der Waals surface area contributed by atoms with E-state index in [1.807, 2.05) is 13.8 Å². The lowest BCUT2D eigenvalue weighted by molar-refractivity contribution is -0.139. The summed E-state index contributed by atoms with van der Waals surface area (Å²) in [6.45, 7) is 11.3. The third kappa shape index (κ3) is 8.43. The summed E-state index contributed by atoms with van der Waals surface area (Å²) in [4.78, 5) is 10.9. The molecule has 90 valence electrons. The normalized spacial score (nSPS) is 14.3. The first kappa shape index (κ1) is 14.4. The van der Waals surface area contributed by atoms with Gasteiger partial charge in [-0.15, -0.1) is 0 Å². The quantitative estimate of drug-likeness (QED) is 0.715. The van der Waals surface area contributed by atoms with Crippen LogP contribution in [-0.2, 0) is 4.79 Å². The number of carbonyl (C=O) groups is 1. The van der Waals surface area contributed by atoms with Gasteiger partial charge in [-0.25, -0.2) is 0 Å². The summed E-state index contributed by atoms with van der Waals surface area (Å²) >= 11 is 0. The van der Waals surface area contributed by atoms with E-state index in [0.717, 1.165) is 13.0 Å². The van der Waals surface area contributed by atoms with Gasteiger partial charge in [-0.1, -0.05) is 34.6 Å². The van der Waals surface area contributed by atoms with E-state index < -0.39 is 12.0 Å². The van der Waals surface area contributed by atoms with Gasteiger partial charge in [0, 0.05) is 0 Å². The average Bonchev–Trinajstić information content (AvgIpc) is 1.99. The minimum absolute atomic E-state index is 0.258.